The third-order valence-corrected chi connectivity index (χ3v) is 2.52. The zero-order valence-electron chi connectivity index (χ0n) is 8.68. The highest BCUT2D eigenvalue weighted by Crippen LogP contribution is 2.20. The predicted molar refractivity (Wildman–Crippen MR) is 65.9 cm³/mol. The lowest BCUT2D eigenvalue weighted by Gasteiger charge is -2.06. The molecule has 0 amide bonds. The van der Waals surface area contributed by atoms with Crippen LogP contribution >= 0.6 is 15.9 Å². The normalized spacial score (nSPS) is 10.1. The quantitative estimate of drug-likeness (QED) is 0.847. The number of halogens is 1. The molecule has 0 aliphatic carbocycles. The molecule has 0 bridgehead atoms. The monoisotopic (exact) mass is 279 g/mol. The average Bonchev–Trinajstić information content (AvgIpc) is 2.27. The Kier molecular flexibility index (Phi) is 3.10. The van der Waals surface area contributed by atoms with E-state index in [2.05, 4.69) is 15.9 Å². The van der Waals surface area contributed by atoms with Gasteiger partial charge in [-0.2, -0.15) is 0 Å². The summed E-state index contributed by atoms with van der Waals surface area (Å²) in [5.74, 6) is 0.959. The van der Waals surface area contributed by atoms with Crippen molar-refractivity contribution in [2.24, 2.45) is 7.05 Å². The van der Waals surface area contributed by atoms with Crippen LogP contribution in [0.15, 0.2) is 51.9 Å². The Morgan fingerprint density at radius 1 is 1.25 bits per heavy atom. The van der Waals surface area contributed by atoms with Crippen LogP contribution in [0.1, 0.15) is 0 Å². The standard InChI is InChI=1S/C12H10BrNO2/c1-14-8-9(13)7-11(12(14)15)16-10-5-3-2-4-6-10/h2-8H,1H3. The van der Waals surface area contributed by atoms with E-state index in [1.807, 2.05) is 18.2 Å². The smallest absolute Gasteiger partial charge is 0.293 e. The topological polar surface area (TPSA) is 31.2 Å². The van der Waals surface area contributed by atoms with Crippen molar-refractivity contribution < 1.29 is 4.74 Å². The van der Waals surface area contributed by atoms with Crippen molar-refractivity contribution in [2.75, 3.05) is 0 Å². The van der Waals surface area contributed by atoms with Gasteiger partial charge >= 0.3 is 0 Å². The van der Waals surface area contributed by atoms with Crippen LogP contribution in [0.4, 0.5) is 0 Å². The molecule has 0 aliphatic heterocycles. The van der Waals surface area contributed by atoms with Gasteiger partial charge in [0.25, 0.3) is 5.56 Å². The van der Waals surface area contributed by atoms with Gasteiger partial charge in [0.15, 0.2) is 5.75 Å². The van der Waals surface area contributed by atoms with Crippen molar-refractivity contribution >= 4 is 15.9 Å². The minimum absolute atomic E-state index is 0.160. The largest absolute Gasteiger partial charge is 0.452 e. The van der Waals surface area contributed by atoms with Crippen LogP contribution < -0.4 is 10.3 Å². The summed E-state index contributed by atoms with van der Waals surface area (Å²) in [6.07, 6.45) is 1.69. The van der Waals surface area contributed by atoms with E-state index < -0.39 is 0 Å². The van der Waals surface area contributed by atoms with Gasteiger partial charge in [0.1, 0.15) is 5.75 Å². The molecule has 0 fully saturated rings. The number of nitrogens with zero attached hydrogens (tertiary/aromatic N) is 1. The van der Waals surface area contributed by atoms with Gasteiger partial charge in [-0.15, -0.1) is 0 Å². The third kappa shape index (κ3) is 2.33. The van der Waals surface area contributed by atoms with Gasteiger partial charge in [0.2, 0.25) is 0 Å². The highest BCUT2D eigenvalue weighted by Gasteiger charge is 2.05. The SMILES string of the molecule is Cn1cc(Br)cc(Oc2ccccc2)c1=O. The molecule has 0 N–H and O–H groups in total. The molecule has 0 saturated carbocycles. The van der Waals surface area contributed by atoms with Crippen molar-refractivity contribution in [1.29, 1.82) is 0 Å². The average molecular weight is 280 g/mol. The van der Waals surface area contributed by atoms with Gasteiger partial charge < -0.3 is 9.30 Å². The fourth-order valence-electron chi connectivity index (χ4n) is 1.33. The number of hydrogen-bond donors (Lipinski definition) is 0. The number of ether oxygens (including phenoxy) is 1. The molecular formula is C12H10BrNO2. The molecule has 0 saturated heterocycles. The molecule has 1 aromatic carbocycles. The van der Waals surface area contributed by atoms with E-state index in [0.29, 0.717) is 11.5 Å². The maximum absolute atomic E-state index is 11.7. The van der Waals surface area contributed by atoms with E-state index in [1.165, 1.54) is 4.57 Å². The highest BCUT2D eigenvalue weighted by atomic mass is 79.9. The van der Waals surface area contributed by atoms with Gasteiger partial charge in [0, 0.05) is 23.8 Å². The van der Waals surface area contributed by atoms with Crippen LogP contribution in [0, 0.1) is 0 Å². The second kappa shape index (κ2) is 4.53. The lowest BCUT2D eigenvalue weighted by Crippen LogP contribution is -2.17. The highest BCUT2D eigenvalue weighted by molar-refractivity contribution is 9.10. The summed E-state index contributed by atoms with van der Waals surface area (Å²) in [5, 5.41) is 0. The molecule has 2 rings (SSSR count). The Balaban J connectivity index is 2.39. The first-order chi connectivity index (χ1) is 7.66. The molecule has 3 nitrogen and oxygen atoms in total. The Hall–Kier alpha value is -1.55. The van der Waals surface area contributed by atoms with Crippen LogP contribution in [-0.2, 0) is 7.05 Å². The molecule has 0 unspecified atom stereocenters. The molecule has 1 aromatic heterocycles. The molecular weight excluding hydrogens is 270 g/mol. The van der Waals surface area contributed by atoms with Crippen molar-refractivity contribution in [3.63, 3.8) is 0 Å². The fourth-order valence-corrected chi connectivity index (χ4v) is 1.85. The second-order valence-corrected chi connectivity index (χ2v) is 4.27. The van der Waals surface area contributed by atoms with E-state index in [-0.39, 0.29) is 5.56 Å². The Morgan fingerprint density at radius 2 is 1.94 bits per heavy atom. The van der Waals surface area contributed by atoms with Crippen LogP contribution in [-0.4, -0.2) is 4.57 Å². The lowest BCUT2D eigenvalue weighted by molar-refractivity contribution is 0.469. The van der Waals surface area contributed by atoms with Gasteiger partial charge in [-0.1, -0.05) is 18.2 Å². The minimum Gasteiger partial charge on any atom is -0.452 e. The first-order valence-electron chi connectivity index (χ1n) is 4.76. The molecule has 0 aliphatic rings. The molecule has 2 aromatic rings. The van der Waals surface area contributed by atoms with Gasteiger partial charge in [-0.05, 0) is 28.1 Å². The summed E-state index contributed by atoms with van der Waals surface area (Å²) in [7, 11) is 1.69. The molecule has 82 valence electrons. The Labute approximate surface area is 101 Å². The Bertz CT molecular complexity index is 549. The lowest BCUT2D eigenvalue weighted by atomic mass is 10.3. The van der Waals surface area contributed by atoms with Crippen molar-refractivity contribution in [3.8, 4) is 11.5 Å². The zero-order valence-corrected chi connectivity index (χ0v) is 10.3. The summed E-state index contributed by atoms with van der Waals surface area (Å²) >= 11 is 3.32. The van der Waals surface area contributed by atoms with E-state index in [9.17, 15) is 4.79 Å². The summed E-state index contributed by atoms with van der Waals surface area (Å²) in [4.78, 5) is 11.7. The van der Waals surface area contributed by atoms with Crippen LogP contribution in [0.2, 0.25) is 0 Å². The number of para-hydroxylation sites is 1. The minimum atomic E-state index is -0.160. The first kappa shape index (κ1) is 11.0. The van der Waals surface area contributed by atoms with Gasteiger partial charge in [-0.3, -0.25) is 4.79 Å². The van der Waals surface area contributed by atoms with E-state index in [4.69, 9.17) is 4.74 Å². The van der Waals surface area contributed by atoms with Crippen molar-refractivity contribution in [2.45, 2.75) is 0 Å². The van der Waals surface area contributed by atoms with Gasteiger partial charge in [0.05, 0.1) is 0 Å². The zero-order chi connectivity index (χ0) is 11.5. The summed E-state index contributed by atoms with van der Waals surface area (Å²) in [5.41, 5.74) is -0.160. The number of pyridine rings is 1. The number of aromatic nitrogens is 1. The van der Waals surface area contributed by atoms with Crippen molar-refractivity contribution in [1.82, 2.24) is 4.57 Å². The number of benzene rings is 1. The molecule has 16 heavy (non-hydrogen) atoms. The molecule has 0 spiro atoms. The molecule has 1 heterocycles. The van der Waals surface area contributed by atoms with Crippen LogP contribution in [0.5, 0.6) is 11.5 Å². The maximum atomic E-state index is 11.7. The molecule has 0 atom stereocenters. The third-order valence-electron chi connectivity index (χ3n) is 2.09. The Morgan fingerprint density at radius 3 is 2.62 bits per heavy atom. The van der Waals surface area contributed by atoms with Crippen LogP contribution in [0.3, 0.4) is 0 Å². The van der Waals surface area contributed by atoms with Gasteiger partial charge in [-0.25, -0.2) is 0 Å². The number of hydrogen-bond acceptors (Lipinski definition) is 2. The number of rotatable bonds is 2. The first-order valence-corrected chi connectivity index (χ1v) is 5.55. The van der Waals surface area contributed by atoms with Crippen LogP contribution in [0.25, 0.3) is 0 Å². The summed E-state index contributed by atoms with van der Waals surface area (Å²) < 4.78 is 7.79. The second-order valence-electron chi connectivity index (χ2n) is 3.35. The van der Waals surface area contributed by atoms with E-state index in [0.717, 1.165) is 4.47 Å². The molecule has 4 heteroatoms. The maximum Gasteiger partial charge on any atom is 0.293 e. The fraction of sp³-hybridized carbons (Fsp3) is 0.0833. The summed E-state index contributed by atoms with van der Waals surface area (Å²) in [6.45, 7) is 0. The summed E-state index contributed by atoms with van der Waals surface area (Å²) in [6, 6.07) is 10.9. The van der Waals surface area contributed by atoms with Crippen molar-refractivity contribution in [3.05, 3.63) is 57.4 Å². The predicted octanol–water partition coefficient (Wildman–Crippen LogP) is 2.94. The number of aryl methyl sites for hydroxylation is 1. The van der Waals surface area contributed by atoms with E-state index >= 15 is 0 Å². The molecule has 0 radical (unpaired) electrons. The van der Waals surface area contributed by atoms with E-state index in [1.54, 1.807) is 31.4 Å².